The molecule has 206 valence electrons. The number of aromatic nitrogens is 3. The van der Waals surface area contributed by atoms with Crippen LogP contribution in [0.1, 0.15) is 80.0 Å². The number of nitrogen functional groups attached to an aromatic ring is 1. The zero-order chi connectivity index (χ0) is 27.6. The molecular weight excluding hydrogens is 471 g/mol. The Hall–Kier alpha value is -2.33. The molecule has 0 spiro atoms. The second kappa shape index (κ2) is 14.4. The molecule has 2 unspecified atom stereocenters. The summed E-state index contributed by atoms with van der Waals surface area (Å²) in [5.41, 5.74) is 7.55. The largest absolute Gasteiger partial charge is 0.573 e. The zero-order valence-corrected chi connectivity index (χ0v) is 23.2. The van der Waals surface area contributed by atoms with Gasteiger partial charge in [0.25, 0.3) is 0 Å². The Morgan fingerprint density at radius 2 is 1.75 bits per heavy atom. The van der Waals surface area contributed by atoms with Crippen LogP contribution in [-0.4, -0.2) is 58.4 Å². The molecule has 2 atom stereocenters. The van der Waals surface area contributed by atoms with Gasteiger partial charge in [-0.15, -0.1) is 13.2 Å². The van der Waals surface area contributed by atoms with Gasteiger partial charge in [0.2, 0.25) is 0 Å². The van der Waals surface area contributed by atoms with Crippen LogP contribution < -0.4 is 10.5 Å². The predicted octanol–water partition coefficient (Wildman–Crippen LogP) is 6.52. The summed E-state index contributed by atoms with van der Waals surface area (Å²) in [6.07, 6.45) is -3.43. The van der Waals surface area contributed by atoms with Gasteiger partial charge in [0, 0.05) is 36.0 Å². The molecule has 1 saturated heterocycles. The lowest BCUT2D eigenvalue weighted by atomic mass is 9.91. The van der Waals surface area contributed by atoms with Crippen LogP contribution in [0.4, 0.5) is 19.0 Å². The van der Waals surface area contributed by atoms with Gasteiger partial charge >= 0.3 is 6.36 Å². The maximum atomic E-state index is 12.7. The second-order valence-corrected chi connectivity index (χ2v) is 8.69. The number of ether oxygens (including phenoxy) is 2. The Bertz CT molecular complexity index is 913. The normalized spacial score (nSPS) is 15.4. The van der Waals surface area contributed by atoms with E-state index in [-0.39, 0.29) is 17.8 Å². The molecule has 0 aromatic carbocycles. The molecule has 2 aromatic rings. The minimum atomic E-state index is -4.85. The fraction of sp³-hybridized carbons (Fsp3) is 0.692. The summed E-state index contributed by atoms with van der Waals surface area (Å²) in [6, 6.07) is 3.71. The third-order valence-corrected chi connectivity index (χ3v) is 6.04. The van der Waals surface area contributed by atoms with Crippen LogP contribution in [0.5, 0.6) is 5.75 Å². The lowest BCUT2D eigenvalue weighted by Crippen LogP contribution is -2.50. The van der Waals surface area contributed by atoms with E-state index in [1.807, 2.05) is 52.3 Å². The number of alkyl halides is 3. The van der Waals surface area contributed by atoms with Crippen molar-refractivity contribution in [3.63, 3.8) is 0 Å². The molecular formula is C26H44F3N5O2. The molecule has 0 saturated carbocycles. The standard InChI is InChI=1S/C22H32F3N5O2.2C2H6/c1-6-29(17-11-31-12-17)10-14(4)15(5)19-8-18(28-30(19)13(2)3)16-7-20(21(26)27-9-16)32-22(23,24)25;2*1-2/h7-9,13-15,17H,6,10-12H2,1-5H3,(H2,26,27);2*1-2H3. The lowest BCUT2D eigenvalue weighted by Gasteiger charge is -2.39. The van der Waals surface area contributed by atoms with Gasteiger partial charge in [-0.1, -0.05) is 48.5 Å². The highest BCUT2D eigenvalue weighted by Crippen LogP contribution is 2.34. The first kappa shape index (κ1) is 31.7. The molecule has 3 heterocycles. The summed E-state index contributed by atoms with van der Waals surface area (Å²) in [4.78, 5) is 6.31. The van der Waals surface area contributed by atoms with E-state index in [1.54, 1.807) is 0 Å². The van der Waals surface area contributed by atoms with Crippen LogP contribution in [0.3, 0.4) is 0 Å². The fourth-order valence-corrected chi connectivity index (χ4v) is 3.90. The van der Waals surface area contributed by atoms with Crippen LogP contribution in [0, 0.1) is 5.92 Å². The van der Waals surface area contributed by atoms with Crippen LogP contribution in [0.25, 0.3) is 11.3 Å². The quantitative estimate of drug-likeness (QED) is 0.410. The van der Waals surface area contributed by atoms with Crippen molar-refractivity contribution in [3.05, 3.63) is 24.0 Å². The van der Waals surface area contributed by atoms with E-state index in [1.165, 1.54) is 12.3 Å². The Labute approximate surface area is 214 Å². The van der Waals surface area contributed by atoms with Crippen molar-refractivity contribution in [2.24, 2.45) is 5.92 Å². The number of anilines is 1. The lowest BCUT2D eigenvalue weighted by molar-refractivity contribution is -0.274. The van der Waals surface area contributed by atoms with Gasteiger partial charge < -0.3 is 15.2 Å². The summed E-state index contributed by atoms with van der Waals surface area (Å²) in [7, 11) is 0. The van der Waals surface area contributed by atoms with Gasteiger partial charge in [0.15, 0.2) is 11.6 Å². The summed E-state index contributed by atoms with van der Waals surface area (Å²) < 4.78 is 49.4. The van der Waals surface area contributed by atoms with E-state index in [4.69, 9.17) is 10.5 Å². The average Bonchev–Trinajstić information content (AvgIpc) is 3.26. The van der Waals surface area contributed by atoms with Crippen molar-refractivity contribution >= 4 is 5.82 Å². The maximum absolute atomic E-state index is 12.7. The third-order valence-electron chi connectivity index (χ3n) is 6.04. The van der Waals surface area contributed by atoms with Crippen molar-refractivity contribution in [1.82, 2.24) is 19.7 Å². The van der Waals surface area contributed by atoms with Gasteiger partial charge in [0.1, 0.15) is 0 Å². The summed E-state index contributed by atoms with van der Waals surface area (Å²) in [5, 5.41) is 4.68. The Morgan fingerprint density at radius 1 is 1.14 bits per heavy atom. The molecule has 1 aliphatic heterocycles. The highest BCUT2D eigenvalue weighted by molar-refractivity contribution is 5.64. The Balaban J connectivity index is 0.00000154. The molecule has 36 heavy (non-hydrogen) atoms. The molecule has 0 aliphatic carbocycles. The van der Waals surface area contributed by atoms with Crippen molar-refractivity contribution in [2.75, 3.05) is 32.0 Å². The number of nitrogens with two attached hydrogens (primary N) is 1. The first-order chi connectivity index (χ1) is 17.0. The van der Waals surface area contributed by atoms with Crippen LogP contribution in [-0.2, 0) is 4.74 Å². The Kier molecular flexibility index (Phi) is 12.7. The van der Waals surface area contributed by atoms with Gasteiger partial charge in [-0.25, -0.2) is 4.98 Å². The molecule has 2 N–H and O–H groups in total. The van der Waals surface area contributed by atoms with E-state index in [2.05, 4.69) is 40.5 Å². The number of nitrogens with zero attached hydrogens (tertiary/aromatic N) is 4. The van der Waals surface area contributed by atoms with Gasteiger partial charge in [-0.3, -0.25) is 9.58 Å². The monoisotopic (exact) mass is 515 g/mol. The molecule has 1 aliphatic rings. The highest BCUT2D eigenvalue weighted by atomic mass is 19.4. The van der Waals surface area contributed by atoms with Gasteiger partial charge in [-0.05, 0) is 38.4 Å². The average molecular weight is 516 g/mol. The van der Waals surface area contributed by atoms with Crippen molar-refractivity contribution in [2.45, 2.75) is 86.7 Å². The molecule has 3 rings (SSSR count). The topological polar surface area (TPSA) is 78.4 Å². The van der Waals surface area contributed by atoms with Crippen molar-refractivity contribution in [1.29, 1.82) is 0 Å². The minimum Gasteiger partial charge on any atom is -0.402 e. The SMILES string of the molecule is CC.CC.CCN(CC(C)C(C)c1cc(-c2cnc(N)c(OC(F)(F)F)c2)nn1C(C)C)C1COC1. The molecule has 7 nitrogen and oxygen atoms in total. The fourth-order valence-electron chi connectivity index (χ4n) is 3.90. The molecule has 0 amide bonds. The van der Waals surface area contributed by atoms with E-state index >= 15 is 0 Å². The minimum absolute atomic E-state index is 0.0864. The first-order valence-corrected chi connectivity index (χ1v) is 12.9. The summed E-state index contributed by atoms with van der Waals surface area (Å²) >= 11 is 0. The Morgan fingerprint density at radius 3 is 2.22 bits per heavy atom. The van der Waals surface area contributed by atoms with Gasteiger partial charge in [0.05, 0.1) is 24.9 Å². The number of hydrogen-bond acceptors (Lipinski definition) is 6. The zero-order valence-electron chi connectivity index (χ0n) is 23.2. The summed E-state index contributed by atoms with van der Waals surface area (Å²) in [5.74, 6) is -0.331. The van der Waals surface area contributed by atoms with Crippen molar-refractivity contribution < 1.29 is 22.6 Å². The van der Waals surface area contributed by atoms with Crippen molar-refractivity contribution in [3.8, 4) is 17.0 Å². The summed E-state index contributed by atoms with van der Waals surface area (Å²) in [6.45, 7) is 22.0. The molecule has 0 bridgehead atoms. The smallest absolute Gasteiger partial charge is 0.402 e. The number of rotatable bonds is 9. The predicted molar refractivity (Wildman–Crippen MR) is 139 cm³/mol. The van der Waals surface area contributed by atoms with Crippen LogP contribution >= 0.6 is 0 Å². The van der Waals surface area contributed by atoms with E-state index in [9.17, 15) is 13.2 Å². The second-order valence-electron chi connectivity index (χ2n) is 8.69. The molecule has 0 radical (unpaired) electrons. The van der Waals surface area contributed by atoms with E-state index in [0.29, 0.717) is 23.2 Å². The van der Waals surface area contributed by atoms with Crippen LogP contribution in [0.2, 0.25) is 0 Å². The van der Waals surface area contributed by atoms with E-state index in [0.717, 1.165) is 32.0 Å². The molecule has 2 aromatic heterocycles. The number of pyridine rings is 1. The number of halogens is 3. The van der Waals surface area contributed by atoms with Crippen LogP contribution in [0.15, 0.2) is 18.3 Å². The number of likely N-dealkylation sites (N-methyl/N-ethyl adjacent to an activating group) is 1. The van der Waals surface area contributed by atoms with E-state index < -0.39 is 12.1 Å². The maximum Gasteiger partial charge on any atom is 0.573 e. The number of hydrogen-bond donors (Lipinski definition) is 1. The third kappa shape index (κ3) is 8.37. The first-order valence-electron chi connectivity index (χ1n) is 12.9. The van der Waals surface area contributed by atoms with Gasteiger partial charge in [-0.2, -0.15) is 5.10 Å². The molecule has 10 heteroatoms. The highest BCUT2D eigenvalue weighted by Gasteiger charge is 2.33. The molecule has 1 fully saturated rings.